The van der Waals surface area contributed by atoms with Crippen molar-refractivity contribution in [3.8, 4) is 0 Å². The number of aliphatic imine (C=N–C) groups is 1. The summed E-state index contributed by atoms with van der Waals surface area (Å²) in [6.07, 6.45) is 1.74. The van der Waals surface area contributed by atoms with Crippen molar-refractivity contribution in [1.29, 1.82) is 0 Å². The fourth-order valence-corrected chi connectivity index (χ4v) is 2.24. The van der Waals surface area contributed by atoms with E-state index in [9.17, 15) is 4.79 Å². The third-order valence-corrected chi connectivity index (χ3v) is 3.12. The highest BCUT2D eigenvalue weighted by molar-refractivity contribution is 8.26. The van der Waals surface area contributed by atoms with Crippen LogP contribution in [-0.2, 0) is 9.53 Å². The molecule has 0 saturated heterocycles. The Labute approximate surface area is 115 Å². The molecule has 2 rings (SSSR count). The summed E-state index contributed by atoms with van der Waals surface area (Å²) >= 11 is 6.82. The molecule has 0 amide bonds. The second-order valence-electron chi connectivity index (χ2n) is 4.01. The van der Waals surface area contributed by atoms with Crippen LogP contribution in [0.5, 0.6) is 0 Å². The topological polar surface area (TPSA) is 38.7 Å². The first-order valence-electron chi connectivity index (χ1n) is 5.49. The highest BCUT2D eigenvalue weighted by atomic mass is 35.5. The monoisotopic (exact) mass is 281 g/mol. The zero-order valence-electron chi connectivity index (χ0n) is 10.0. The summed E-state index contributed by atoms with van der Waals surface area (Å²) < 4.78 is 5.40. The molecule has 0 unspecified atom stereocenters. The number of halogens is 1. The van der Waals surface area contributed by atoms with E-state index in [4.69, 9.17) is 16.3 Å². The summed E-state index contributed by atoms with van der Waals surface area (Å²) in [4.78, 5) is 15.9. The highest BCUT2D eigenvalue weighted by Gasteiger charge is 2.24. The molecule has 1 aromatic carbocycles. The zero-order valence-corrected chi connectivity index (χ0v) is 11.6. The minimum Gasteiger partial charge on any atom is -0.470 e. The predicted molar refractivity (Wildman–Crippen MR) is 75.7 cm³/mol. The highest BCUT2D eigenvalue weighted by Crippen LogP contribution is 2.26. The van der Waals surface area contributed by atoms with E-state index in [-0.39, 0.29) is 11.2 Å². The van der Waals surface area contributed by atoms with Crippen molar-refractivity contribution >= 4 is 39.8 Å². The Kier molecular flexibility index (Phi) is 4.09. The molecule has 0 N–H and O–H groups in total. The Bertz CT molecular complexity index is 520. The van der Waals surface area contributed by atoms with Crippen LogP contribution in [0.2, 0.25) is 5.02 Å². The third kappa shape index (κ3) is 3.37. The van der Waals surface area contributed by atoms with Gasteiger partial charge in [-0.05, 0) is 37.6 Å². The fraction of sp³-hybridized carbons (Fsp3) is 0.231. The smallest absolute Gasteiger partial charge is 0.259 e. The molecule has 0 fully saturated rings. The number of carbonyl (C=O) groups excluding carboxylic acids is 1. The van der Waals surface area contributed by atoms with E-state index in [1.807, 2.05) is 26.0 Å². The van der Waals surface area contributed by atoms with E-state index in [1.165, 1.54) is 0 Å². The molecule has 0 bridgehead atoms. The number of rotatable bonds is 2. The fourth-order valence-electron chi connectivity index (χ4n) is 1.36. The van der Waals surface area contributed by atoms with E-state index in [1.54, 1.807) is 18.2 Å². The van der Waals surface area contributed by atoms with Gasteiger partial charge in [-0.1, -0.05) is 23.7 Å². The van der Waals surface area contributed by atoms with Crippen molar-refractivity contribution in [3.05, 3.63) is 40.5 Å². The van der Waals surface area contributed by atoms with Gasteiger partial charge < -0.3 is 4.74 Å². The Hall–Kier alpha value is -1.26. The Balaban J connectivity index is 2.20. The van der Waals surface area contributed by atoms with Crippen LogP contribution in [0, 0.1) is 0 Å². The summed E-state index contributed by atoms with van der Waals surface area (Å²) in [6, 6.07) is 7.22. The van der Waals surface area contributed by atoms with Gasteiger partial charge in [-0.15, -0.1) is 0 Å². The predicted octanol–water partition coefficient (Wildman–Crippen LogP) is 3.74. The van der Waals surface area contributed by atoms with Crippen molar-refractivity contribution in [2.75, 3.05) is 0 Å². The van der Waals surface area contributed by atoms with E-state index in [0.717, 1.165) is 17.3 Å². The Morgan fingerprint density at radius 3 is 2.61 bits per heavy atom. The lowest BCUT2D eigenvalue weighted by Crippen LogP contribution is -2.06. The molecular formula is C13H12ClNO2S. The molecule has 0 atom stereocenters. The lowest BCUT2D eigenvalue weighted by atomic mass is 10.2. The van der Waals surface area contributed by atoms with Gasteiger partial charge in [0.2, 0.25) is 5.12 Å². The molecule has 0 spiro atoms. The first-order chi connectivity index (χ1) is 8.54. The first-order valence-corrected chi connectivity index (χ1v) is 6.69. The average molecular weight is 282 g/mol. The van der Waals surface area contributed by atoms with Crippen molar-refractivity contribution in [1.82, 2.24) is 0 Å². The molecule has 0 radical (unpaired) electrons. The summed E-state index contributed by atoms with van der Waals surface area (Å²) in [7, 11) is 0. The van der Waals surface area contributed by atoms with Crippen molar-refractivity contribution in [3.63, 3.8) is 0 Å². The largest absolute Gasteiger partial charge is 0.470 e. The molecule has 18 heavy (non-hydrogen) atoms. The number of thioether (sulfide) groups is 1. The molecule has 1 heterocycles. The number of benzene rings is 1. The maximum atomic E-state index is 11.7. The number of ether oxygens (including phenoxy) is 1. The normalized spacial score (nSPS) is 17.4. The summed E-state index contributed by atoms with van der Waals surface area (Å²) in [6.45, 7) is 3.79. The molecule has 5 heteroatoms. The summed E-state index contributed by atoms with van der Waals surface area (Å²) in [5.41, 5.74) is 1.29. The van der Waals surface area contributed by atoms with Gasteiger partial charge in [0.1, 0.15) is 5.70 Å². The van der Waals surface area contributed by atoms with Crippen LogP contribution in [0.1, 0.15) is 19.4 Å². The molecular weight excluding hydrogens is 270 g/mol. The van der Waals surface area contributed by atoms with Crippen molar-refractivity contribution in [2.24, 2.45) is 4.99 Å². The van der Waals surface area contributed by atoms with Crippen LogP contribution in [-0.4, -0.2) is 16.4 Å². The molecule has 0 aromatic heterocycles. The Morgan fingerprint density at radius 2 is 2.00 bits per heavy atom. The molecule has 0 saturated carbocycles. The molecule has 1 aromatic rings. The van der Waals surface area contributed by atoms with Gasteiger partial charge in [0.25, 0.3) is 5.23 Å². The van der Waals surface area contributed by atoms with Crippen LogP contribution in [0.3, 0.4) is 0 Å². The standard InChI is InChI=1S/C13H12ClNO2S/c1-8(2)17-13-15-11(12(16)18-13)7-9-3-5-10(14)6-4-9/h3-8H,1-2H3/b11-7+. The third-order valence-electron chi connectivity index (χ3n) is 2.11. The first kappa shape index (κ1) is 13.2. The van der Waals surface area contributed by atoms with Crippen molar-refractivity contribution in [2.45, 2.75) is 20.0 Å². The van der Waals surface area contributed by atoms with Gasteiger partial charge in [-0.25, -0.2) is 4.99 Å². The molecule has 3 nitrogen and oxygen atoms in total. The second-order valence-corrected chi connectivity index (χ2v) is 5.38. The number of nitrogens with zero attached hydrogens (tertiary/aromatic N) is 1. The lowest BCUT2D eigenvalue weighted by Gasteiger charge is -2.05. The molecule has 94 valence electrons. The van der Waals surface area contributed by atoms with Gasteiger partial charge in [-0.2, -0.15) is 0 Å². The zero-order chi connectivity index (χ0) is 13.1. The minimum atomic E-state index is -0.0967. The maximum absolute atomic E-state index is 11.7. The van der Waals surface area contributed by atoms with Gasteiger partial charge in [0, 0.05) is 16.8 Å². The minimum absolute atomic E-state index is 0.0129. The van der Waals surface area contributed by atoms with Crippen LogP contribution in [0.15, 0.2) is 35.0 Å². The van der Waals surface area contributed by atoms with Crippen molar-refractivity contribution < 1.29 is 9.53 Å². The molecule has 1 aliphatic heterocycles. The SMILES string of the molecule is CC(C)OC1=N/C(=C/c2ccc(Cl)cc2)C(=O)S1. The number of hydrogen-bond acceptors (Lipinski definition) is 4. The van der Waals surface area contributed by atoms with Gasteiger partial charge in [0.15, 0.2) is 0 Å². The van der Waals surface area contributed by atoms with E-state index >= 15 is 0 Å². The van der Waals surface area contributed by atoms with E-state index in [2.05, 4.69) is 4.99 Å². The molecule has 1 aliphatic rings. The van der Waals surface area contributed by atoms with E-state index < -0.39 is 0 Å². The lowest BCUT2D eigenvalue weighted by molar-refractivity contribution is -0.107. The van der Waals surface area contributed by atoms with E-state index in [0.29, 0.717) is 15.9 Å². The van der Waals surface area contributed by atoms with Crippen LogP contribution < -0.4 is 0 Å². The Morgan fingerprint density at radius 1 is 1.33 bits per heavy atom. The van der Waals surface area contributed by atoms with Crippen LogP contribution in [0.25, 0.3) is 6.08 Å². The van der Waals surface area contributed by atoms with Gasteiger partial charge in [-0.3, -0.25) is 4.79 Å². The second kappa shape index (κ2) is 5.59. The summed E-state index contributed by atoms with van der Waals surface area (Å²) in [5.74, 6) is 0. The number of hydrogen-bond donors (Lipinski definition) is 0. The van der Waals surface area contributed by atoms with Gasteiger partial charge >= 0.3 is 0 Å². The summed E-state index contributed by atoms with van der Waals surface area (Å²) in [5, 5.41) is 0.979. The number of carbonyl (C=O) groups is 1. The average Bonchev–Trinajstić information content (AvgIpc) is 2.61. The van der Waals surface area contributed by atoms with Gasteiger partial charge in [0.05, 0.1) is 6.10 Å². The maximum Gasteiger partial charge on any atom is 0.259 e. The molecule has 0 aliphatic carbocycles. The van der Waals surface area contributed by atoms with Crippen LogP contribution in [0.4, 0.5) is 0 Å². The van der Waals surface area contributed by atoms with Crippen LogP contribution >= 0.6 is 23.4 Å². The quantitative estimate of drug-likeness (QED) is 0.775.